The summed E-state index contributed by atoms with van der Waals surface area (Å²) < 4.78 is 0. The van der Waals surface area contributed by atoms with Crippen molar-refractivity contribution < 1.29 is 9.59 Å². The molecule has 3 aliphatic heterocycles. The van der Waals surface area contributed by atoms with E-state index in [9.17, 15) is 9.59 Å². The fraction of sp³-hybridized carbons (Fsp3) is 0.333. The fourth-order valence-electron chi connectivity index (χ4n) is 6.43. The van der Waals surface area contributed by atoms with Crippen LogP contribution in [0.4, 0.5) is 0 Å². The van der Waals surface area contributed by atoms with Gasteiger partial charge in [0, 0.05) is 51.9 Å². The lowest BCUT2D eigenvalue weighted by atomic mass is 9.97. The number of allylic oxidation sites excluding steroid dienone is 2. The Morgan fingerprint density at radius 2 is 1.38 bits per heavy atom. The number of H-pyrrole nitrogens is 2. The second kappa shape index (κ2) is 11.5. The van der Waals surface area contributed by atoms with Crippen molar-refractivity contribution in [2.24, 2.45) is 0 Å². The summed E-state index contributed by atoms with van der Waals surface area (Å²) in [6.45, 7) is 20.0. The van der Waals surface area contributed by atoms with Gasteiger partial charge in [0.15, 0.2) is 0 Å². The quantitative estimate of drug-likeness (QED) is 0.356. The minimum Gasteiger partial charge on any atom is -0.375 e. The van der Waals surface area contributed by atoms with Gasteiger partial charge in [-0.25, -0.2) is 0 Å². The molecule has 8 bridgehead atoms. The summed E-state index contributed by atoms with van der Waals surface area (Å²) in [5, 5.41) is 9.51. The Kier molecular flexibility index (Phi) is 8.00. The van der Waals surface area contributed by atoms with Gasteiger partial charge in [-0.3, -0.25) is 0 Å². The molecular weight excluding hydrogens is 520 g/mol. The number of nitrogens with one attached hydrogen (secondary N) is 4. The van der Waals surface area contributed by atoms with E-state index in [1.807, 2.05) is 12.2 Å². The van der Waals surface area contributed by atoms with Crippen LogP contribution in [0.25, 0.3) is 30.4 Å². The Balaban J connectivity index is 1.80. The van der Waals surface area contributed by atoms with Crippen molar-refractivity contribution in [1.29, 1.82) is 0 Å². The molecule has 0 aromatic carbocycles. The van der Waals surface area contributed by atoms with Crippen molar-refractivity contribution in [2.75, 3.05) is 0 Å². The van der Waals surface area contributed by atoms with E-state index in [-0.39, 0.29) is 23.7 Å². The number of rotatable bonds is 8. The number of carbonyl (C=O) groups is 2. The molecule has 2 unspecified atom stereocenters. The molecule has 5 rings (SSSR count). The lowest BCUT2D eigenvalue weighted by Crippen LogP contribution is -2.27. The third-order valence-electron chi connectivity index (χ3n) is 9.02. The van der Waals surface area contributed by atoms with Crippen molar-refractivity contribution in [3.8, 4) is 0 Å². The largest absolute Gasteiger partial charge is 0.375 e. The van der Waals surface area contributed by atoms with Crippen LogP contribution in [0, 0.1) is 13.8 Å². The molecule has 2 atom stereocenters. The Hall–Kier alpha value is -4.32. The Morgan fingerprint density at radius 1 is 0.762 bits per heavy atom. The maximum atomic E-state index is 12.0. The lowest BCUT2D eigenvalue weighted by molar-refractivity contribution is -0.117. The monoisotopic (exact) mass is 562 g/mol. The maximum absolute atomic E-state index is 12.0. The van der Waals surface area contributed by atoms with Gasteiger partial charge in [0.25, 0.3) is 0 Å². The number of hydrogen-bond acceptors (Lipinski definition) is 4. The zero-order valence-electron chi connectivity index (χ0n) is 25.7. The van der Waals surface area contributed by atoms with Gasteiger partial charge < -0.3 is 30.2 Å². The topological polar surface area (TPSA) is 89.8 Å². The third kappa shape index (κ3) is 5.34. The van der Waals surface area contributed by atoms with Crippen LogP contribution in [0.3, 0.4) is 0 Å². The Labute approximate surface area is 248 Å². The van der Waals surface area contributed by atoms with Crippen molar-refractivity contribution >= 4 is 41.9 Å². The van der Waals surface area contributed by atoms with E-state index in [0.29, 0.717) is 25.7 Å². The van der Waals surface area contributed by atoms with E-state index in [1.54, 1.807) is 13.8 Å². The summed E-state index contributed by atoms with van der Waals surface area (Å²) in [7, 11) is 0. The number of Topliss-reactive ketones (excluding diaryl/α,β-unsaturated/α-hetero) is 2. The molecule has 0 aliphatic carbocycles. The SMILES string of the molecule is C=CC1=C(C)C2=Cc3[nH]c(c(C)c3C=C)C=C3NC(C=c4[nH]c(c(C)c4CCC(C)=O)=CC1N2)C(CCC(C)=O)=C3C. The smallest absolute Gasteiger partial charge is 0.130 e. The van der Waals surface area contributed by atoms with Crippen LogP contribution in [-0.2, 0) is 16.0 Å². The van der Waals surface area contributed by atoms with Crippen LogP contribution in [0.15, 0.2) is 52.9 Å². The molecule has 218 valence electrons. The molecule has 0 amide bonds. The molecule has 2 aromatic heterocycles. The minimum absolute atomic E-state index is 0.0559. The van der Waals surface area contributed by atoms with E-state index in [4.69, 9.17) is 0 Å². The number of aromatic nitrogens is 2. The summed E-state index contributed by atoms with van der Waals surface area (Å²) in [5.41, 5.74) is 13.2. The highest BCUT2D eigenvalue weighted by Crippen LogP contribution is 2.33. The van der Waals surface area contributed by atoms with Gasteiger partial charge in [-0.05, 0) is 118 Å². The van der Waals surface area contributed by atoms with E-state index in [0.717, 1.165) is 72.5 Å². The van der Waals surface area contributed by atoms with Gasteiger partial charge in [0.05, 0.1) is 12.1 Å². The van der Waals surface area contributed by atoms with Crippen molar-refractivity contribution in [3.63, 3.8) is 0 Å². The molecule has 6 heteroatoms. The molecule has 0 saturated carbocycles. The van der Waals surface area contributed by atoms with E-state index >= 15 is 0 Å². The van der Waals surface area contributed by atoms with Crippen LogP contribution in [0.5, 0.6) is 0 Å². The first-order chi connectivity index (χ1) is 20.0. The van der Waals surface area contributed by atoms with E-state index < -0.39 is 0 Å². The first-order valence-corrected chi connectivity index (χ1v) is 14.8. The van der Waals surface area contributed by atoms with Gasteiger partial charge in [-0.1, -0.05) is 25.3 Å². The molecule has 5 heterocycles. The summed E-state index contributed by atoms with van der Waals surface area (Å²) in [6, 6.07) is -0.138. The van der Waals surface area contributed by atoms with Gasteiger partial charge >= 0.3 is 0 Å². The highest BCUT2D eigenvalue weighted by atomic mass is 16.1. The fourth-order valence-corrected chi connectivity index (χ4v) is 6.43. The number of aromatic amines is 2. The first-order valence-electron chi connectivity index (χ1n) is 14.8. The second-order valence-electron chi connectivity index (χ2n) is 11.8. The standard InChI is InChI=1S/C36H42N4O2/c1-9-25-21(5)29-15-30-23(7)27(13-11-19(3)41)35(39-30)18-36-28(14-12-20(4)42)24(8)32(40-36)17-34-26(10-2)22(6)31(38-34)16-33(25)37-29/h9-10,15-18,34-35,37-40H,1-2,11-14H2,3-8H3. The maximum Gasteiger partial charge on any atom is 0.130 e. The molecule has 0 spiro atoms. The predicted molar refractivity (Wildman–Crippen MR) is 174 cm³/mol. The van der Waals surface area contributed by atoms with E-state index in [1.165, 1.54) is 5.57 Å². The average Bonchev–Trinajstić information content (AvgIpc) is 3.59. The number of ketones is 2. The normalized spacial score (nSPS) is 19.4. The Morgan fingerprint density at radius 3 is 2.05 bits per heavy atom. The second-order valence-corrected chi connectivity index (χ2v) is 11.8. The molecule has 4 N–H and O–H groups in total. The predicted octanol–water partition coefficient (Wildman–Crippen LogP) is 5.21. The summed E-state index contributed by atoms with van der Waals surface area (Å²) >= 11 is 0. The molecule has 0 fully saturated rings. The summed E-state index contributed by atoms with van der Waals surface area (Å²) in [6.07, 6.45) is 15.0. The molecule has 6 nitrogen and oxygen atoms in total. The highest BCUT2D eigenvalue weighted by Gasteiger charge is 2.27. The van der Waals surface area contributed by atoms with E-state index in [2.05, 4.69) is 85.8 Å². The van der Waals surface area contributed by atoms with Gasteiger partial charge in [0.1, 0.15) is 11.6 Å². The lowest BCUT2D eigenvalue weighted by Gasteiger charge is -2.12. The zero-order valence-corrected chi connectivity index (χ0v) is 25.7. The summed E-state index contributed by atoms with van der Waals surface area (Å²) in [4.78, 5) is 31.4. The third-order valence-corrected chi connectivity index (χ3v) is 9.02. The molecular formula is C36H42N4O2. The molecule has 2 aromatic rings. The van der Waals surface area contributed by atoms with Gasteiger partial charge in [0.2, 0.25) is 0 Å². The molecule has 0 radical (unpaired) electrons. The van der Waals surface area contributed by atoms with Crippen molar-refractivity contribution in [2.45, 2.75) is 79.3 Å². The minimum atomic E-state index is -0.0823. The van der Waals surface area contributed by atoms with Gasteiger partial charge in [-0.15, -0.1) is 0 Å². The first kappa shape index (κ1) is 29.2. The molecule has 3 aliphatic rings. The van der Waals surface area contributed by atoms with Crippen LogP contribution in [0.2, 0.25) is 0 Å². The van der Waals surface area contributed by atoms with Crippen LogP contribution < -0.4 is 21.3 Å². The number of fused-ring (bicyclic) bond motifs is 8. The zero-order chi connectivity index (χ0) is 30.3. The number of hydrogen-bond donors (Lipinski definition) is 4. The Bertz CT molecular complexity index is 1770. The van der Waals surface area contributed by atoms with Gasteiger partial charge in [-0.2, -0.15) is 0 Å². The molecule has 0 saturated heterocycles. The van der Waals surface area contributed by atoms with Crippen LogP contribution in [-0.4, -0.2) is 33.6 Å². The van der Waals surface area contributed by atoms with Crippen LogP contribution in [0.1, 0.15) is 80.6 Å². The number of carbonyl (C=O) groups excluding carboxylic acids is 2. The summed E-state index contributed by atoms with van der Waals surface area (Å²) in [5.74, 6) is 0.351. The van der Waals surface area contributed by atoms with Crippen LogP contribution >= 0.6 is 0 Å². The average molecular weight is 563 g/mol. The molecule has 42 heavy (non-hydrogen) atoms. The van der Waals surface area contributed by atoms with Crippen molar-refractivity contribution in [1.82, 2.24) is 20.6 Å². The van der Waals surface area contributed by atoms with Crippen molar-refractivity contribution in [3.05, 3.63) is 97.3 Å². The highest BCUT2D eigenvalue weighted by molar-refractivity contribution is 5.78.